The maximum Gasteiger partial charge on any atom is 0.143 e. The van der Waals surface area contributed by atoms with Crippen molar-refractivity contribution in [1.29, 1.82) is 0 Å². The first-order valence-corrected chi connectivity index (χ1v) is 7.86. The van der Waals surface area contributed by atoms with Crippen molar-refractivity contribution in [2.75, 3.05) is 0 Å². The summed E-state index contributed by atoms with van der Waals surface area (Å²) in [6, 6.07) is 18.5. The van der Waals surface area contributed by atoms with Crippen LogP contribution in [0.4, 0.5) is 0 Å². The minimum Gasteiger partial charge on any atom is -0.283 e. The molecule has 0 N–H and O–H groups in total. The van der Waals surface area contributed by atoms with E-state index < -0.39 is 0 Å². The largest absolute Gasteiger partial charge is 0.283 e. The van der Waals surface area contributed by atoms with Crippen molar-refractivity contribution in [3.8, 4) is 5.82 Å². The molecule has 0 saturated carbocycles. The highest BCUT2D eigenvalue weighted by Gasteiger charge is 2.11. The first kappa shape index (κ1) is 12.5. The van der Waals surface area contributed by atoms with Crippen LogP contribution in [0.15, 0.2) is 60.9 Å². The molecule has 0 aliphatic heterocycles. The quantitative estimate of drug-likeness (QED) is 0.505. The summed E-state index contributed by atoms with van der Waals surface area (Å²) in [5, 5.41) is 1.91. The van der Waals surface area contributed by atoms with Crippen LogP contribution in [0.1, 0.15) is 5.56 Å². The van der Waals surface area contributed by atoms with Crippen molar-refractivity contribution in [2.45, 2.75) is 5.33 Å². The molecular formula is C17H12BrN3. The van der Waals surface area contributed by atoms with Gasteiger partial charge in [-0.2, -0.15) is 0 Å². The highest BCUT2D eigenvalue weighted by atomic mass is 79.9. The molecule has 102 valence electrons. The van der Waals surface area contributed by atoms with Gasteiger partial charge in [0.2, 0.25) is 0 Å². The Labute approximate surface area is 130 Å². The third-order valence-electron chi connectivity index (χ3n) is 3.61. The van der Waals surface area contributed by atoms with Gasteiger partial charge in [0.05, 0.1) is 16.6 Å². The summed E-state index contributed by atoms with van der Waals surface area (Å²) in [7, 11) is 0. The third kappa shape index (κ3) is 2.03. The summed E-state index contributed by atoms with van der Waals surface area (Å²) in [5.41, 5.74) is 4.20. The maximum absolute atomic E-state index is 4.83. The van der Waals surface area contributed by atoms with Gasteiger partial charge in [0, 0.05) is 16.3 Å². The molecule has 2 aromatic carbocycles. The van der Waals surface area contributed by atoms with Gasteiger partial charge in [0.25, 0.3) is 0 Å². The van der Waals surface area contributed by atoms with E-state index in [0.29, 0.717) is 0 Å². The van der Waals surface area contributed by atoms with E-state index in [1.165, 1.54) is 0 Å². The Morgan fingerprint density at radius 3 is 2.57 bits per heavy atom. The van der Waals surface area contributed by atoms with E-state index in [1.54, 1.807) is 0 Å². The van der Waals surface area contributed by atoms with Crippen molar-refractivity contribution in [2.24, 2.45) is 0 Å². The van der Waals surface area contributed by atoms with Crippen LogP contribution in [-0.4, -0.2) is 14.5 Å². The summed E-state index contributed by atoms with van der Waals surface area (Å²) in [4.78, 5) is 9.29. The molecule has 0 atom stereocenters. The molecule has 0 amide bonds. The van der Waals surface area contributed by atoms with Crippen LogP contribution >= 0.6 is 15.9 Å². The van der Waals surface area contributed by atoms with Crippen LogP contribution in [-0.2, 0) is 5.33 Å². The third-order valence-corrected chi connectivity index (χ3v) is 4.21. The zero-order valence-corrected chi connectivity index (χ0v) is 12.8. The zero-order chi connectivity index (χ0) is 14.2. The molecule has 3 nitrogen and oxygen atoms in total. The van der Waals surface area contributed by atoms with Crippen molar-refractivity contribution < 1.29 is 0 Å². The predicted molar refractivity (Wildman–Crippen MR) is 89.0 cm³/mol. The molecule has 0 aliphatic carbocycles. The summed E-state index contributed by atoms with van der Waals surface area (Å²) in [5.74, 6) is 0.930. The number of rotatable bonds is 2. The minimum absolute atomic E-state index is 0.757. The molecule has 4 aromatic rings. The van der Waals surface area contributed by atoms with Gasteiger partial charge in [-0.3, -0.25) is 4.57 Å². The predicted octanol–water partition coefficient (Wildman–Crippen LogP) is 4.47. The Bertz CT molecular complexity index is 943. The molecule has 0 unspecified atom stereocenters. The van der Waals surface area contributed by atoms with Crippen molar-refractivity contribution in [3.05, 3.63) is 66.5 Å². The van der Waals surface area contributed by atoms with E-state index in [1.807, 2.05) is 42.7 Å². The number of alkyl halides is 1. The first-order valence-electron chi connectivity index (χ1n) is 6.74. The summed E-state index contributed by atoms with van der Waals surface area (Å²) in [6.07, 6.45) is 1.84. The summed E-state index contributed by atoms with van der Waals surface area (Å²) in [6.45, 7) is 0. The van der Waals surface area contributed by atoms with Crippen LogP contribution in [0.2, 0.25) is 0 Å². The smallest absolute Gasteiger partial charge is 0.143 e. The Hall–Kier alpha value is -2.20. The number of imidazole rings is 1. The number of halogens is 1. The molecule has 0 fully saturated rings. The van der Waals surface area contributed by atoms with Gasteiger partial charge in [-0.1, -0.05) is 46.3 Å². The highest BCUT2D eigenvalue weighted by molar-refractivity contribution is 9.08. The van der Waals surface area contributed by atoms with E-state index >= 15 is 0 Å². The molecule has 21 heavy (non-hydrogen) atoms. The fraction of sp³-hybridized carbons (Fsp3) is 0.0588. The van der Waals surface area contributed by atoms with Crippen LogP contribution in [0, 0.1) is 0 Å². The van der Waals surface area contributed by atoms with Crippen LogP contribution in [0.3, 0.4) is 0 Å². The molecule has 4 rings (SSSR count). The van der Waals surface area contributed by atoms with E-state index in [0.717, 1.165) is 38.6 Å². The number of benzene rings is 2. The molecular weight excluding hydrogens is 326 g/mol. The number of nitrogens with zero attached hydrogens (tertiary/aromatic N) is 3. The van der Waals surface area contributed by atoms with Crippen molar-refractivity contribution >= 4 is 37.9 Å². The molecule has 0 radical (unpaired) electrons. The average molecular weight is 338 g/mol. The molecule has 0 aliphatic rings. The van der Waals surface area contributed by atoms with Crippen molar-refractivity contribution in [3.63, 3.8) is 0 Å². The van der Waals surface area contributed by atoms with Gasteiger partial charge in [0.15, 0.2) is 0 Å². The summed E-state index contributed by atoms with van der Waals surface area (Å²) >= 11 is 3.57. The number of para-hydroxylation sites is 3. The lowest BCUT2D eigenvalue weighted by Gasteiger charge is -2.10. The number of hydrogen-bond donors (Lipinski definition) is 0. The fourth-order valence-corrected chi connectivity index (χ4v) is 3.00. The fourth-order valence-electron chi connectivity index (χ4n) is 2.58. The Morgan fingerprint density at radius 2 is 1.71 bits per heavy atom. The number of pyridine rings is 1. The second kappa shape index (κ2) is 4.97. The lowest BCUT2D eigenvalue weighted by molar-refractivity contribution is 1.01. The monoisotopic (exact) mass is 337 g/mol. The normalized spacial score (nSPS) is 11.3. The zero-order valence-electron chi connectivity index (χ0n) is 11.2. The Morgan fingerprint density at radius 1 is 0.952 bits per heavy atom. The summed E-state index contributed by atoms with van der Waals surface area (Å²) < 4.78 is 2.05. The van der Waals surface area contributed by atoms with Gasteiger partial charge in [-0.25, -0.2) is 9.97 Å². The topological polar surface area (TPSA) is 30.7 Å². The number of aromatic nitrogens is 3. The van der Waals surface area contributed by atoms with Crippen molar-refractivity contribution in [1.82, 2.24) is 14.5 Å². The lowest BCUT2D eigenvalue weighted by atomic mass is 10.1. The second-order valence-electron chi connectivity index (χ2n) is 4.90. The average Bonchev–Trinajstić information content (AvgIpc) is 2.97. The minimum atomic E-state index is 0.757. The SMILES string of the molecule is BrCc1cc2ccccc2nc1-n1cnc2ccccc21. The van der Waals surface area contributed by atoms with E-state index in [4.69, 9.17) is 4.98 Å². The number of hydrogen-bond acceptors (Lipinski definition) is 2. The van der Waals surface area contributed by atoms with Gasteiger partial charge < -0.3 is 0 Å². The van der Waals surface area contributed by atoms with Crippen LogP contribution < -0.4 is 0 Å². The van der Waals surface area contributed by atoms with E-state index in [2.05, 4.69) is 43.7 Å². The molecule has 0 spiro atoms. The Kier molecular flexibility index (Phi) is 2.97. The van der Waals surface area contributed by atoms with E-state index in [-0.39, 0.29) is 0 Å². The molecule has 2 heterocycles. The van der Waals surface area contributed by atoms with Crippen LogP contribution in [0.5, 0.6) is 0 Å². The second-order valence-corrected chi connectivity index (χ2v) is 5.46. The number of fused-ring (bicyclic) bond motifs is 2. The Balaban J connectivity index is 2.04. The van der Waals surface area contributed by atoms with E-state index in [9.17, 15) is 0 Å². The maximum atomic E-state index is 4.83. The molecule has 2 aromatic heterocycles. The standard InChI is InChI=1S/C17H12BrN3/c18-10-13-9-12-5-1-2-6-14(12)20-17(13)21-11-19-15-7-3-4-8-16(15)21/h1-9,11H,10H2. The van der Waals surface area contributed by atoms with Crippen LogP contribution in [0.25, 0.3) is 27.8 Å². The lowest BCUT2D eigenvalue weighted by Crippen LogP contribution is -2.01. The molecule has 0 saturated heterocycles. The van der Waals surface area contributed by atoms with Gasteiger partial charge in [-0.05, 0) is 24.3 Å². The first-order chi connectivity index (χ1) is 10.4. The molecule has 4 heteroatoms. The van der Waals surface area contributed by atoms with Gasteiger partial charge >= 0.3 is 0 Å². The van der Waals surface area contributed by atoms with Gasteiger partial charge in [0.1, 0.15) is 12.1 Å². The molecule has 0 bridgehead atoms. The van der Waals surface area contributed by atoms with Gasteiger partial charge in [-0.15, -0.1) is 0 Å². The highest BCUT2D eigenvalue weighted by Crippen LogP contribution is 2.24.